The molecule has 0 aliphatic rings. The van der Waals surface area contributed by atoms with Gasteiger partial charge in [-0.1, -0.05) is 23.2 Å². The highest BCUT2D eigenvalue weighted by Gasteiger charge is 2.16. The van der Waals surface area contributed by atoms with Crippen LogP contribution in [0.2, 0.25) is 10.0 Å². The summed E-state index contributed by atoms with van der Waals surface area (Å²) in [5.41, 5.74) is 10.2. The number of halogens is 2. The molecule has 0 saturated carbocycles. The van der Waals surface area contributed by atoms with Gasteiger partial charge in [-0.15, -0.1) is 0 Å². The van der Waals surface area contributed by atoms with Crippen molar-refractivity contribution in [2.45, 2.75) is 12.5 Å². The summed E-state index contributed by atoms with van der Waals surface area (Å²) in [4.78, 5) is 0. The zero-order valence-electron chi connectivity index (χ0n) is 9.45. The second-order valence-corrected chi connectivity index (χ2v) is 4.74. The van der Waals surface area contributed by atoms with E-state index < -0.39 is 0 Å². The number of hydrazine groups is 1. The predicted octanol–water partition coefficient (Wildman–Crippen LogP) is 2.05. The van der Waals surface area contributed by atoms with Gasteiger partial charge in [-0.25, -0.2) is 0 Å². The molecule has 0 bridgehead atoms. The second-order valence-electron chi connectivity index (χ2n) is 3.90. The molecule has 1 aromatic heterocycles. The minimum absolute atomic E-state index is 0.181. The molecule has 7 heteroatoms. The summed E-state index contributed by atoms with van der Waals surface area (Å²) < 4.78 is 0. The summed E-state index contributed by atoms with van der Waals surface area (Å²) in [7, 11) is 0. The quantitative estimate of drug-likeness (QED) is 0.511. The maximum absolute atomic E-state index is 6.12. The lowest BCUT2D eigenvalue weighted by molar-refractivity contribution is 0.554. The smallest absolute Gasteiger partial charge is 0.123 e. The van der Waals surface area contributed by atoms with Crippen LogP contribution in [0, 0.1) is 0 Å². The van der Waals surface area contributed by atoms with E-state index in [0.717, 1.165) is 11.1 Å². The van der Waals surface area contributed by atoms with Gasteiger partial charge in [-0.05, 0) is 30.2 Å². The van der Waals surface area contributed by atoms with Crippen LogP contribution in [0.4, 0.5) is 5.82 Å². The lowest BCUT2D eigenvalue weighted by Crippen LogP contribution is -2.30. The molecule has 6 N–H and O–H groups in total. The first-order chi connectivity index (χ1) is 8.61. The molecule has 5 nitrogen and oxygen atoms in total. The average molecular weight is 286 g/mol. The van der Waals surface area contributed by atoms with Crippen molar-refractivity contribution in [1.29, 1.82) is 0 Å². The minimum atomic E-state index is -0.181. The molecule has 1 aromatic carbocycles. The van der Waals surface area contributed by atoms with E-state index >= 15 is 0 Å². The number of nitrogen functional groups attached to an aromatic ring is 1. The highest BCUT2D eigenvalue weighted by atomic mass is 35.5. The van der Waals surface area contributed by atoms with Crippen molar-refractivity contribution in [1.82, 2.24) is 15.6 Å². The Morgan fingerprint density at radius 1 is 1.39 bits per heavy atom. The van der Waals surface area contributed by atoms with Gasteiger partial charge in [-0.2, -0.15) is 5.10 Å². The van der Waals surface area contributed by atoms with Gasteiger partial charge in [0.2, 0.25) is 0 Å². The van der Waals surface area contributed by atoms with Crippen LogP contribution in [0.25, 0.3) is 0 Å². The van der Waals surface area contributed by atoms with E-state index in [9.17, 15) is 0 Å². The molecule has 0 radical (unpaired) electrons. The van der Waals surface area contributed by atoms with Gasteiger partial charge in [0.1, 0.15) is 5.82 Å². The fraction of sp³-hybridized carbons (Fsp3) is 0.182. The second kappa shape index (κ2) is 5.58. The molecule has 0 saturated heterocycles. The molecule has 2 aromatic rings. The first-order valence-corrected chi connectivity index (χ1v) is 6.06. The summed E-state index contributed by atoms with van der Waals surface area (Å²) in [6.07, 6.45) is 2.21. The summed E-state index contributed by atoms with van der Waals surface area (Å²) in [6, 6.07) is 5.13. The van der Waals surface area contributed by atoms with Crippen molar-refractivity contribution in [3.8, 4) is 0 Å². The summed E-state index contributed by atoms with van der Waals surface area (Å²) in [6.45, 7) is 0. The first-order valence-electron chi connectivity index (χ1n) is 5.30. The Morgan fingerprint density at radius 3 is 2.78 bits per heavy atom. The Morgan fingerprint density at radius 2 is 2.17 bits per heavy atom. The number of anilines is 1. The number of nitrogens with one attached hydrogen (secondary N) is 2. The molecular formula is C11H13Cl2N5. The van der Waals surface area contributed by atoms with E-state index in [4.69, 9.17) is 34.8 Å². The molecule has 0 amide bonds. The van der Waals surface area contributed by atoms with Gasteiger partial charge in [0.15, 0.2) is 0 Å². The van der Waals surface area contributed by atoms with E-state index in [2.05, 4.69) is 15.6 Å². The monoisotopic (exact) mass is 285 g/mol. The molecule has 1 atom stereocenters. The van der Waals surface area contributed by atoms with Crippen LogP contribution in [0.1, 0.15) is 17.2 Å². The van der Waals surface area contributed by atoms with Crippen LogP contribution in [-0.4, -0.2) is 10.2 Å². The van der Waals surface area contributed by atoms with Crippen LogP contribution in [0.3, 0.4) is 0 Å². The molecule has 96 valence electrons. The van der Waals surface area contributed by atoms with Crippen molar-refractivity contribution in [3.05, 3.63) is 45.6 Å². The SMILES string of the molecule is NNC(Cc1cc(Cl)ccc1Cl)c1cn[nH]c1N. The van der Waals surface area contributed by atoms with Crippen molar-refractivity contribution in [3.63, 3.8) is 0 Å². The number of benzene rings is 1. The van der Waals surface area contributed by atoms with Gasteiger partial charge in [0.05, 0.1) is 12.2 Å². The Balaban J connectivity index is 2.26. The van der Waals surface area contributed by atoms with E-state index in [-0.39, 0.29) is 6.04 Å². The number of hydrogen-bond acceptors (Lipinski definition) is 4. The Labute approximate surface area is 114 Å². The first kappa shape index (κ1) is 13.2. The molecule has 0 aliphatic carbocycles. The summed E-state index contributed by atoms with van der Waals surface area (Å²) >= 11 is 12.1. The van der Waals surface area contributed by atoms with E-state index in [0.29, 0.717) is 22.3 Å². The predicted molar refractivity (Wildman–Crippen MR) is 73.2 cm³/mol. The van der Waals surface area contributed by atoms with Crippen molar-refractivity contribution < 1.29 is 0 Å². The zero-order valence-corrected chi connectivity index (χ0v) is 11.0. The van der Waals surface area contributed by atoms with Crippen molar-refractivity contribution in [2.24, 2.45) is 5.84 Å². The van der Waals surface area contributed by atoms with Gasteiger partial charge in [0.25, 0.3) is 0 Å². The Hall–Kier alpha value is -1.27. The Kier molecular flexibility index (Phi) is 4.08. The molecule has 0 spiro atoms. The van der Waals surface area contributed by atoms with Gasteiger partial charge >= 0.3 is 0 Å². The summed E-state index contributed by atoms with van der Waals surface area (Å²) in [5.74, 6) is 6.03. The maximum Gasteiger partial charge on any atom is 0.123 e. The largest absolute Gasteiger partial charge is 0.384 e. The fourth-order valence-corrected chi connectivity index (χ4v) is 2.15. The minimum Gasteiger partial charge on any atom is -0.384 e. The van der Waals surface area contributed by atoms with E-state index in [1.54, 1.807) is 18.3 Å². The van der Waals surface area contributed by atoms with Gasteiger partial charge in [0, 0.05) is 15.6 Å². The fourth-order valence-electron chi connectivity index (χ4n) is 1.76. The lowest BCUT2D eigenvalue weighted by Gasteiger charge is -2.16. The Bertz CT molecular complexity index is 540. The number of nitrogens with two attached hydrogens (primary N) is 2. The molecule has 1 heterocycles. The molecule has 0 aliphatic heterocycles. The maximum atomic E-state index is 6.12. The number of aromatic amines is 1. The average Bonchev–Trinajstić information content (AvgIpc) is 2.77. The number of rotatable bonds is 4. The van der Waals surface area contributed by atoms with Crippen LogP contribution in [-0.2, 0) is 6.42 Å². The standard InChI is InChI=1S/C11H13Cl2N5/c12-7-1-2-9(13)6(3-7)4-10(17-15)8-5-16-18-11(8)14/h1-3,5,10,17H,4,15H2,(H3,14,16,18). The molecular weight excluding hydrogens is 273 g/mol. The number of H-pyrrole nitrogens is 1. The van der Waals surface area contributed by atoms with Crippen LogP contribution in [0.15, 0.2) is 24.4 Å². The summed E-state index contributed by atoms with van der Waals surface area (Å²) in [5, 5.41) is 7.81. The normalized spacial score (nSPS) is 12.6. The molecule has 18 heavy (non-hydrogen) atoms. The van der Waals surface area contributed by atoms with Crippen LogP contribution in [0.5, 0.6) is 0 Å². The third kappa shape index (κ3) is 2.76. The topological polar surface area (TPSA) is 92.7 Å². The number of aromatic nitrogens is 2. The zero-order chi connectivity index (χ0) is 13.1. The lowest BCUT2D eigenvalue weighted by atomic mass is 10.0. The van der Waals surface area contributed by atoms with Crippen molar-refractivity contribution in [2.75, 3.05) is 5.73 Å². The van der Waals surface area contributed by atoms with E-state index in [1.807, 2.05) is 6.07 Å². The molecule has 2 rings (SSSR count). The van der Waals surface area contributed by atoms with Crippen LogP contribution >= 0.6 is 23.2 Å². The third-order valence-electron chi connectivity index (χ3n) is 2.71. The van der Waals surface area contributed by atoms with Crippen molar-refractivity contribution >= 4 is 29.0 Å². The molecule has 0 fully saturated rings. The molecule has 1 unspecified atom stereocenters. The van der Waals surface area contributed by atoms with Crippen LogP contribution < -0.4 is 17.0 Å². The highest BCUT2D eigenvalue weighted by Crippen LogP contribution is 2.27. The number of nitrogens with zero attached hydrogens (tertiary/aromatic N) is 1. The number of hydrogen-bond donors (Lipinski definition) is 4. The van der Waals surface area contributed by atoms with Gasteiger partial charge < -0.3 is 5.73 Å². The van der Waals surface area contributed by atoms with E-state index in [1.165, 1.54) is 0 Å². The van der Waals surface area contributed by atoms with Gasteiger partial charge in [-0.3, -0.25) is 16.4 Å². The highest BCUT2D eigenvalue weighted by molar-refractivity contribution is 6.33. The third-order valence-corrected chi connectivity index (χ3v) is 3.31.